The lowest BCUT2D eigenvalue weighted by Crippen LogP contribution is -1.92. The van der Waals surface area contributed by atoms with Gasteiger partial charge in [-0.2, -0.15) is 0 Å². The minimum Gasteiger partial charge on any atom is -0.480 e. The Hall–Kier alpha value is -0.860. The van der Waals surface area contributed by atoms with Gasteiger partial charge in [0.1, 0.15) is 5.88 Å². The second-order valence-electron chi connectivity index (χ2n) is 0.629. The standard InChI is InChI=1S/C2H3ClO2.CHNO/c3-1-2(4)5;2-1-3/h1H2,(H,4,5);2H. The highest BCUT2D eigenvalue weighted by molar-refractivity contribution is 6.26. The smallest absolute Gasteiger partial charge is 0.318 e. The molecule has 0 aromatic heterocycles. The highest BCUT2D eigenvalue weighted by Crippen LogP contribution is 1.67. The van der Waals surface area contributed by atoms with Crippen LogP contribution < -0.4 is 0 Å². The Bertz CT molecular complexity index is 96.7. The van der Waals surface area contributed by atoms with Gasteiger partial charge in [0.25, 0.3) is 0 Å². The summed E-state index contributed by atoms with van der Waals surface area (Å²) in [6.07, 6.45) is 0.750. The summed E-state index contributed by atoms with van der Waals surface area (Å²) < 4.78 is 0. The highest BCUT2D eigenvalue weighted by atomic mass is 35.5. The molecule has 0 radical (unpaired) electrons. The molecule has 0 aliphatic carbocycles. The maximum atomic E-state index is 9.24. The topological polar surface area (TPSA) is 78.2 Å². The highest BCUT2D eigenvalue weighted by Gasteiger charge is 1.83. The van der Waals surface area contributed by atoms with E-state index in [1.165, 1.54) is 0 Å². The minimum absolute atomic E-state index is 0.306. The van der Waals surface area contributed by atoms with Crippen LogP contribution in [0.2, 0.25) is 0 Å². The van der Waals surface area contributed by atoms with Gasteiger partial charge in [-0.3, -0.25) is 4.79 Å². The normalized spacial score (nSPS) is 5.62. The van der Waals surface area contributed by atoms with Gasteiger partial charge in [-0.25, -0.2) is 10.2 Å². The molecule has 46 valence electrons. The molecule has 0 amide bonds. The number of nitrogens with one attached hydrogen (secondary N) is 1. The van der Waals surface area contributed by atoms with Crippen LogP contribution in [0.25, 0.3) is 0 Å². The zero-order valence-corrected chi connectivity index (χ0v) is 4.60. The van der Waals surface area contributed by atoms with Gasteiger partial charge in [0.05, 0.1) is 0 Å². The summed E-state index contributed by atoms with van der Waals surface area (Å²) in [6, 6.07) is 0. The van der Waals surface area contributed by atoms with Gasteiger partial charge in [-0.15, -0.1) is 11.6 Å². The molecule has 0 aliphatic heterocycles. The van der Waals surface area contributed by atoms with Crippen molar-refractivity contribution in [3.05, 3.63) is 0 Å². The third-order valence-corrected chi connectivity index (χ3v) is 0.343. The van der Waals surface area contributed by atoms with Gasteiger partial charge in [-0.05, 0) is 0 Å². The first-order chi connectivity index (χ1) is 3.68. The van der Waals surface area contributed by atoms with Crippen molar-refractivity contribution in [1.82, 2.24) is 0 Å². The minimum atomic E-state index is -0.980. The maximum Gasteiger partial charge on any atom is 0.318 e. The predicted molar refractivity (Wildman–Crippen MR) is 26.8 cm³/mol. The zero-order chi connectivity index (χ0) is 6.99. The van der Waals surface area contributed by atoms with Crippen LogP contribution in [0.5, 0.6) is 0 Å². The van der Waals surface area contributed by atoms with E-state index in [4.69, 9.17) is 26.9 Å². The Balaban J connectivity index is 0. The lowest BCUT2D eigenvalue weighted by molar-refractivity contribution is -0.134. The van der Waals surface area contributed by atoms with E-state index in [1.807, 2.05) is 0 Å². The number of hydrogen-bond donors (Lipinski definition) is 2. The monoisotopic (exact) mass is 137 g/mol. The molecule has 5 heteroatoms. The first-order valence-corrected chi connectivity index (χ1v) is 2.04. The molecule has 0 bridgehead atoms. The molecular weight excluding hydrogens is 133 g/mol. The first-order valence-electron chi connectivity index (χ1n) is 1.50. The average Bonchev–Trinajstić information content (AvgIpc) is 1.69. The number of aliphatic carboxylic acids is 1. The molecule has 0 saturated carbocycles. The predicted octanol–water partition coefficient (Wildman–Crippen LogP) is 0.211. The summed E-state index contributed by atoms with van der Waals surface area (Å²) in [4.78, 5) is 17.6. The quantitative estimate of drug-likeness (QED) is 0.308. The van der Waals surface area contributed by atoms with E-state index in [9.17, 15) is 4.79 Å². The van der Waals surface area contributed by atoms with E-state index in [0.29, 0.717) is 0 Å². The van der Waals surface area contributed by atoms with Crippen molar-refractivity contribution in [2.45, 2.75) is 0 Å². The van der Waals surface area contributed by atoms with Gasteiger partial charge < -0.3 is 5.11 Å². The van der Waals surface area contributed by atoms with Crippen molar-refractivity contribution in [3.8, 4) is 0 Å². The molecule has 0 fully saturated rings. The largest absolute Gasteiger partial charge is 0.480 e. The van der Waals surface area contributed by atoms with Crippen LogP contribution in [-0.4, -0.2) is 23.0 Å². The average molecular weight is 138 g/mol. The number of carbonyl (C=O) groups is 1. The molecule has 4 nitrogen and oxygen atoms in total. The third kappa shape index (κ3) is 67.8. The summed E-state index contributed by atoms with van der Waals surface area (Å²) >= 11 is 4.74. The molecule has 2 N–H and O–H groups in total. The van der Waals surface area contributed by atoms with Crippen LogP contribution in [0.3, 0.4) is 0 Å². The summed E-state index contributed by atoms with van der Waals surface area (Å²) in [5.74, 6) is -1.29. The Morgan fingerprint density at radius 1 is 1.88 bits per heavy atom. The third-order valence-electron chi connectivity index (χ3n) is 0.114. The lowest BCUT2D eigenvalue weighted by Gasteiger charge is -1.69. The molecular formula is C3H4ClNO3. The molecule has 0 unspecified atom stereocenters. The number of rotatable bonds is 1. The fourth-order valence-electron chi connectivity index (χ4n) is 0. The molecule has 0 atom stereocenters. The number of alkyl halides is 1. The van der Waals surface area contributed by atoms with Crippen LogP contribution >= 0.6 is 11.6 Å². The maximum absolute atomic E-state index is 9.24. The Morgan fingerprint density at radius 2 is 2.00 bits per heavy atom. The first kappa shape index (κ1) is 10.2. The van der Waals surface area contributed by atoms with Gasteiger partial charge in [0, 0.05) is 0 Å². The van der Waals surface area contributed by atoms with Crippen LogP contribution in [0.4, 0.5) is 0 Å². The molecule has 0 heterocycles. The lowest BCUT2D eigenvalue weighted by atomic mass is 10.8. The van der Waals surface area contributed by atoms with Gasteiger partial charge >= 0.3 is 5.97 Å². The van der Waals surface area contributed by atoms with Crippen LogP contribution in [0, 0.1) is 5.41 Å². The molecule has 0 spiro atoms. The summed E-state index contributed by atoms with van der Waals surface area (Å²) in [5, 5.41) is 13.0. The van der Waals surface area contributed by atoms with E-state index in [-0.39, 0.29) is 5.88 Å². The zero-order valence-electron chi connectivity index (χ0n) is 3.85. The second kappa shape index (κ2) is 9.46. The van der Waals surface area contributed by atoms with Crippen molar-refractivity contribution in [2.75, 3.05) is 5.88 Å². The Labute approximate surface area is 50.6 Å². The van der Waals surface area contributed by atoms with Gasteiger partial charge in [0.2, 0.25) is 6.08 Å². The number of carbonyl (C=O) groups excluding carboxylic acids is 1. The summed E-state index contributed by atoms with van der Waals surface area (Å²) in [5.41, 5.74) is 0. The SMILES string of the molecule is N=C=O.O=C(O)CCl. The fourth-order valence-corrected chi connectivity index (χ4v) is 0. The molecule has 0 aliphatic rings. The molecule has 0 aromatic carbocycles. The fraction of sp³-hybridized carbons (Fsp3) is 0.333. The summed E-state index contributed by atoms with van der Waals surface area (Å²) in [6.45, 7) is 0. The molecule has 0 rings (SSSR count). The van der Waals surface area contributed by atoms with Crippen molar-refractivity contribution in [3.63, 3.8) is 0 Å². The number of carboxylic acids is 1. The van der Waals surface area contributed by atoms with Crippen molar-refractivity contribution >= 4 is 23.7 Å². The summed E-state index contributed by atoms with van der Waals surface area (Å²) in [7, 11) is 0. The van der Waals surface area contributed by atoms with E-state index in [0.717, 1.165) is 6.08 Å². The number of hydrogen-bond acceptors (Lipinski definition) is 3. The van der Waals surface area contributed by atoms with Crippen molar-refractivity contribution in [2.24, 2.45) is 0 Å². The van der Waals surface area contributed by atoms with Gasteiger partial charge in [0.15, 0.2) is 0 Å². The Kier molecular flexibility index (Phi) is 12.1. The number of isocyanates is 1. The van der Waals surface area contributed by atoms with E-state index in [1.54, 1.807) is 0 Å². The molecule has 8 heavy (non-hydrogen) atoms. The van der Waals surface area contributed by atoms with E-state index < -0.39 is 5.97 Å². The molecule has 0 aromatic rings. The van der Waals surface area contributed by atoms with Crippen LogP contribution in [-0.2, 0) is 9.59 Å². The van der Waals surface area contributed by atoms with Crippen molar-refractivity contribution in [1.29, 1.82) is 5.41 Å². The Morgan fingerprint density at radius 3 is 2.00 bits per heavy atom. The number of halogens is 1. The van der Waals surface area contributed by atoms with E-state index >= 15 is 0 Å². The van der Waals surface area contributed by atoms with E-state index in [2.05, 4.69) is 0 Å². The number of carboxylic acid groups (broad SMARTS) is 1. The molecule has 0 saturated heterocycles. The van der Waals surface area contributed by atoms with Crippen molar-refractivity contribution < 1.29 is 14.7 Å². The van der Waals surface area contributed by atoms with Crippen LogP contribution in [0.1, 0.15) is 0 Å². The van der Waals surface area contributed by atoms with Gasteiger partial charge in [-0.1, -0.05) is 0 Å². The second-order valence-corrected chi connectivity index (χ2v) is 0.897. The van der Waals surface area contributed by atoms with Crippen LogP contribution in [0.15, 0.2) is 0 Å².